The van der Waals surface area contributed by atoms with Gasteiger partial charge in [0, 0.05) is 4.88 Å². The topological polar surface area (TPSA) is 59.6 Å². The zero-order chi connectivity index (χ0) is 19.2. The first-order valence-corrected chi connectivity index (χ1v) is 9.38. The number of anilines is 2. The maximum absolute atomic E-state index is 11.9. The van der Waals surface area contributed by atoms with Gasteiger partial charge in [-0.2, -0.15) is 0 Å². The van der Waals surface area contributed by atoms with Gasteiger partial charge in [-0.1, -0.05) is 30.3 Å². The summed E-state index contributed by atoms with van der Waals surface area (Å²) in [5, 5.41) is 7.18. The summed E-state index contributed by atoms with van der Waals surface area (Å²) < 4.78 is 10.7. The highest BCUT2D eigenvalue weighted by molar-refractivity contribution is 7.80. The van der Waals surface area contributed by atoms with Gasteiger partial charge in [0.1, 0.15) is 10.8 Å². The molecular weight excluding hydrogens is 380 g/mol. The average Bonchev–Trinajstić information content (AvgIpc) is 3.03. The molecule has 2 N–H and O–H groups in total. The van der Waals surface area contributed by atoms with Crippen LogP contribution >= 0.6 is 23.6 Å². The molecule has 0 spiro atoms. The standard InChI is InChI=1S/C20H18N2O3S2/c1-13-12-15(19(23)24-2)18(27-13)22-20(26)21-16-10-6-7-11-17(16)25-14-8-4-3-5-9-14/h3-12H,1-2H3,(H2,21,22,26). The fraction of sp³-hybridized carbons (Fsp3) is 0.100. The van der Waals surface area contributed by atoms with Crippen molar-refractivity contribution in [2.45, 2.75) is 6.92 Å². The van der Waals surface area contributed by atoms with Gasteiger partial charge in [0.15, 0.2) is 10.9 Å². The van der Waals surface area contributed by atoms with Crippen molar-refractivity contribution >= 4 is 45.3 Å². The van der Waals surface area contributed by atoms with E-state index in [9.17, 15) is 4.79 Å². The van der Waals surface area contributed by atoms with Crippen LogP contribution in [0.2, 0.25) is 0 Å². The van der Waals surface area contributed by atoms with Crippen LogP contribution in [0.15, 0.2) is 60.7 Å². The molecule has 1 heterocycles. The van der Waals surface area contributed by atoms with Crippen LogP contribution in [0.25, 0.3) is 0 Å². The van der Waals surface area contributed by atoms with Gasteiger partial charge in [-0.05, 0) is 49.5 Å². The lowest BCUT2D eigenvalue weighted by molar-refractivity contribution is 0.0602. The molecule has 27 heavy (non-hydrogen) atoms. The van der Waals surface area contributed by atoms with Crippen molar-refractivity contribution < 1.29 is 14.3 Å². The number of carbonyl (C=O) groups excluding carboxylic acids is 1. The highest BCUT2D eigenvalue weighted by Crippen LogP contribution is 2.31. The lowest BCUT2D eigenvalue weighted by Crippen LogP contribution is -2.20. The molecule has 0 bridgehead atoms. The van der Waals surface area contributed by atoms with Crippen LogP contribution in [0.1, 0.15) is 15.2 Å². The van der Waals surface area contributed by atoms with E-state index in [4.69, 9.17) is 21.7 Å². The number of rotatable bonds is 5. The Morgan fingerprint density at radius 3 is 2.48 bits per heavy atom. The molecule has 5 nitrogen and oxygen atoms in total. The summed E-state index contributed by atoms with van der Waals surface area (Å²) in [6, 6.07) is 18.8. The van der Waals surface area contributed by atoms with Gasteiger partial charge in [0.05, 0.1) is 18.4 Å². The number of thiophene rings is 1. The van der Waals surface area contributed by atoms with E-state index >= 15 is 0 Å². The quantitative estimate of drug-likeness (QED) is 0.441. The Bertz CT molecular complexity index is 955. The number of benzene rings is 2. The number of hydrogen-bond acceptors (Lipinski definition) is 5. The Kier molecular flexibility index (Phi) is 6.05. The molecule has 0 aliphatic rings. The summed E-state index contributed by atoms with van der Waals surface area (Å²) in [6.07, 6.45) is 0. The maximum atomic E-state index is 11.9. The molecule has 3 rings (SSSR count). The summed E-state index contributed by atoms with van der Waals surface area (Å²) in [5.74, 6) is 0.966. The van der Waals surface area contributed by atoms with Crippen molar-refractivity contribution in [2.24, 2.45) is 0 Å². The zero-order valence-corrected chi connectivity index (χ0v) is 16.4. The number of thiocarbonyl (C=S) groups is 1. The Labute approximate surface area is 166 Å². The number of nitrogens with one attached hydrogen (secondary N) is 2. The second kappa shape index (κ2) is 8.66. The fourth-order valence-corrected chi connectivity index (χ4v) is 3.58. The fourth-order valence-electron chi connectivity index (χ4n) is 2.40. The number of carbonyl (C=O) groups is 1. The maximum Gasteiger partial charge on any atom is 0.340 e. The second-order valence-electron chi connectivity index (χ2n) is 5.58. The third kappa shape index (κ3) is 4.84. The van der Waals surface area contributed by atoms with Crippen molar-refractivity contribution in [3.05, 3.63) is 71.1 Å². The van der Waals surface area contributed by atoms with Crippen LogP contribution in [-0.2, 0) is 4.74 Å². The summed E-state index contributed by atoms with van der Waals surface area (Å²) in [4.78, 5) is 12.9. The van der Waals surface area contributed by atoms with Gasteiger partial charge in [-0.15, -0.1) is 11.3 Å². The highest BCUT2D eigenvalue weighted by Gasteiger charge is 2.16. The van der Waals surface area contributed by atoms with Gasteiger partial charge in [0.25, 0.3) is 0 Å². The zero-order valence-electron chi connectivity index (χ0n) is 14.8. The minimum absolute atomic E-state index is 0.353. The molecule has 7 heteroatoms. The van der Waals surface area contributed by atoms with Crippen LogP contribution in [0.5, 0.6) is 11.5 Å². The van der Waals surface area contributed by atoms with E-state index in [1.165, 1.54) is 18.4 Å². The molecule has 3 aromatic rings. The smallest absolute Gasteiger partial charge is 0.340 e. The minimum Gasteiger partial charge on any atom is -0.465 e. The number of esters is 1. The molecule has 0 aliphatic heterocycles. The third-order valence-corrected chi connectivity index (χ3v) is 4.76. The normalized spacial score (nSPS) is 10.1. The van der Waals surface area contributed by atoms with Crippen LogP contribution in [0.4, 0.5) is 10.7 Å². The first-order valence-electron chi connectivity index (χ1n) is 8.15. The van der Waals surface area contributed by atoms with Crippen molar-refractivity contribution in [1.29, 1.82) is 0 Å². The molecular formula is C20H18N2O3S2. The number of ether oxygens (including phenoxy) is 2. The summed E-state index contributed by atoms with van der Waals surface area (Å²) in [7, 11) is 1.35. The predicted molar refractivity (Wildman–Crippen MR) is 113 cm³/mol. The SMILES string of the molecule is COC(=O)c1cc(C)sc1NC(=S)Nc1ccccc1Oc1ccccc1. The van der Waals surface area contributed by atoms with E-state index < -0.39 is 5.97 Å². The minimum atomic E-state index is -0.405. The van der Waals surface area contributed by atoms with Crippen LogP contribution in [-0.4, -0.2) is 18.2 Å². The third-order valence-electron chi connectivity index (χ3n) is 3.59. The summed E-state index contributed by atoms with van der Waals surface area (Å²) >= 11 is 6.84. The summed E-state index contributed by atoms with van der Waals surface area (Å²) in [5.41, 5.74) is 1.17. The van der Waals surface area contributed by atoms with Crippen LogP contribution in [0, 0.1) is 6.92 Å². The Hall–Kier alpha value is -2.90. The van der Waals surface area contributed by atoms with E-state index in [1.54, 1.807) is 6.07 Å². The largest absolute Gasteiger partial charge is 0.465 e. The molecule has 0 fully saturated rings. The average molecular weight is 399 g/mol. The van der Waals surface area contributed by atoms with E-state index in [0.717, 1.165) is 10.6 Å². The highest BCUT2D eigenvalue weighted by atomic mass is 32.1. The molecule has 0 radical (unpaired) electrons. The van der Waals surface area contributed by atoms with Gasteiger partial charge in [-0.3, -0.25) is 0 Å². The van der Waals surface area contributed by atoms with E-state index in [-0.39, 0.29) is 0 Å². The molecule has 0 unspecified atom stereocenters. The Morgan fingerprint density at radius 1 is 1.04 bits per heavy atom. The van der Waals surface area contributed by atoms with Crippen molar-refractivity contribution in [3.63, 3.8) is 0 Å². The van der Waals surface area contributed by atoms with Gasteiger partial charge in [-0.25, -0.2) is 4.79 Å². The lowest BCUT2D eigenvalue weighted by atomic mass is 10.3. The van der Waals surface area contributed by atoms with Crippen molar-refractivity contribution in [2.75, 3.05) is 17.7 Å². The van der Waals surface area contributed by atoms with E-state index in [0.29, 0.717) is 27.1 Å². The first-order chi connectivity index (χ1) is 13.1. The van der Waals surface area contributed by atoms with Gasteiger partial charge in [0.2, 0.25) is 0 Å². The molecule has 1 aromatic heterocycles. The van der Waals surface area contributed by atoms with Crippen molar-refractivity contribution in [1.82, 2.24) is 0 Å². The number of methoxy groups -OCH3 is 1. The molecule has 2 aromatic carbocycles. The van der Waals surface area contributed by atoms with Crippen LogP contribution in [0.3, 0.4) is 0 Å². The van der Waals surface area contributed by atoms with E-state index in [2.05, 4.69) is 10.6 Å². The molecule has 0 amide bonds. The molecule has 0 saturated heterocycles. The molecule has 0 aliphatic carbocycles. The van der Waals surface area contributed by atoms with Crippen molar-refractivity contribution in [3.8, 4) is 11.5 Å². The number of hydrogen-bond donors (Lipinski definition) is 2. The Balaban J connectivity index is 1.75. The first kappa shape index (κ1) is 18.9. The molecule has 0 atom stereocenters. The summed E-state index contributed by atoms with van der Waals surface area (Å²) in [6.45, 7) is 1.92. The number of para-hydroxylation sites is 3. The molecule has 138 valence electrons. The Morgan fingerprint density at radius 2 is 1.74 bits per heavy atom. The van der Waals surface area contributed by atoms with E-state index in [1.807, 2.05) is 61.5 Å². The second-order valence-corrected chi connectivity index (χ2v) is 7.25. The molecule has 0 saturated carbocycles. The predicted octanol–water partition coefficient (Wildman–Crippen LogP) is 5.44. The van der Waals surface area contributed by atoms with Gasteiger partial charge >= 0.3 is 5.97 Å². The van der Waals surface area contributed by atoms with Crippen LogP contribution < -0.4 is 15.4 Å². The number of aryl methyl sites for hydroxylation is 1. The monoisotopic (exact) mass is 398 g/mol. The lowest BCUT2D eigenvalue weighted by Gasteiger charge is -2.14. The van der Waals surface area contributed by atoms with Gasteiger partial charge < -0.3 is 20.1 Å².